The summed E-state index contributed by atoms with van der Waals surface area (Å²) in [6.07, 6.45) is 0.877. The second-order valence-electron chi connectivity index (χ2n) is 5.08. The second kappa shape index (κ2) is 7.01. The molecule has 0 saturated heterocycles. The molecule has 0 radical (unpaired) electrons. The fourth-order valence-corrected chi connectivity index (χ4v) is 2.58. The number of hydrogen-bond acceptors (Lipinski definition) is 1. The van der Waals surface area contributed by atoms with E-state index in [0.29, 0.717) is 28.3 Å². The van der Waals surface area contributed by atoms with Crippen LogP contribution in [0.25, 0.3) is 0 Å². The molecule has 0 aliphatic heterocycles. The number of rotatable bonds is 5. The lowest BCUT2D eigenvalue weighted by Crippen LogP contribution is -2.27. The number of nitrogens with zero attached hydrogens (tertiary/aromatic N) is 1. The highest BCUT2D eigenvalue weighted by atomic mass is 35.5. The summed E-state index contributed by atoms with van der Waals surface area (Å²) in [6.45, 7) is 2.76. The minimum absolute atomic E-state index is 0.161. The maximum atomic E-state index is 12.1. The Balaban J connectivity index is 1.89. The van der Waals surface area contributed by atoms with Gasteiger partial charge in [0.15, 0.2) is 0 Å². The van der Waals surface area contributed by atoms with Gasteiger partial charge in [0.25, 0.3) is 5.91 Å². The quantitative estimate of drug-likeness (QED) is 0.876. The zero-order chi connectivity index (χ0) is 15.4. The van der Waals surface area contributed by atoms with Gasteiger partial charge in [0.05, 0.1) is 5.02 Å². The SMILES string of the molecule is CC(CCNC(=O)c1cc(Cl)c(Cl)n1C)c1ccccc1. The lowest BCUT2D eigenvalue weighted by Gasteiger charge is -2.12. The molecule has 21 heavy (non-hydrogen) atoms. The first kappa shape index (κ1) is 15.9. The number of hydrogen-bond donors (Lipinski definition) is 1. The smallest absolute Gasteiger partial charge is 0.267 e. The molecule has 2 aromatic rings. The van der Waals surface area contributed by atoms with E-state index in [-0.39, 0.29) is 5.91 Å². The van der Waals surface area contributed by atoms with E-state index in [1.165, 1.54) is 5.56 Å². The van der Waals surface area contributed by atoms with Gasteiger partial charge < -0.3 is 9.88 Å². The van der Waals surface area contributed by atoms with Crippen molar-refractivity contribution in [1.29, 1.82) is 0 Å². The van der Waals surface area contributed by atoms with Gasteiger partial charge in [-0.1, -0.05) is 60.5 Å². The normalized spacial score (nSPS) is 12.2. The second-order valence-corrected chi connectivity index (χ2v) is 5.85. The number of aromatic nitrogens is 1. The summed E-state index contributed by atoms with van der Waals surface area (Å²) in [7, 11) is 1.72. The Morgan fingerprint density at radius 2 is 1.95 bits per heavy atom. The van der Waals surface area contributed by atoms with Crippen molar-refractivity contribution in [2.24, 2.45) is 7.05 Å². The predicted molar refractivity (Wildman–Crippen MR) is 87.2 cm³/mol. The van der Waals surface area contributed by atoms with Crippen LogP contribution in [0.1, 0.15) is 35.3 Å². The number of halogens is 2. The van der Waals surface area contributed by atoms with E-state index in [9.17, 15) is 4.79 Å². The molecule has 1 unspecified atom stereocenters. The number of amides is 1. The third kappa shape index (κ3) is 3.80. The molecule has 2 rings (SSSR count). The summed E-state index contributed by atoms with van der Waals surface area (Å²) in [6, 6.07) is 11.8. The Kier molecular flexibility index (Phi) is 5.32. The van der Waals surface area contributed by atoms with E-state index in [2.05, 4.69) is 24.4 Å². The van der Waals surface area contributed by atoms with E-state index in [0.717, 1.165) is 6.42 Å². The zero-order valence-corrected chi connectivity index (χ0v) is 13.6. The van der Waals surface area contributed by atoms with E-state index < -0.39 is 0 Å². The Labute approximate surface area is 134 Å². The van der Waals surface area contributed by atoms with Crippen LogP contribution in [0, 0.1) is 0 Å². The van der Waals surface area contributed by atoms with Gasteiger partial charge in [0, 0.05) is 13.6 Å². The van der Waals surface area contributed by atoms with Crippen molar-refractivity contribution in [3.8, 4) is 0 Å². The highest BCUT2D eigenvalue weighted by molar-refractivity contribution is 6.41. The molecule has 0 aliphatic carbocycles. The van der Waals surface area contributed by atoms with Crippen LogP contribution in [-0.2, 0) is 7.05 Å². The summed E-state index contributed by atoms with van der Waals surface area (Å²) in [5.41, 5.74) is 1.74. The first-order chi connectivity index (χ1) is 10.0. The van der Waals surface area contributed by atoms with Crippen molar-refractivity contribution in [1.82, 2.24) is 9.88 Å². The molecule has 0 aliphatic rings. The Morgan fingerprint density at radius 1 is 1.29 bits per heavy atom. The maximum absolute atomic E-state index is 12.1. The average Bonchev–Trinajstić information content (AvgIpc) is 2.75. The van der Waals surface area contributed by atoms with Gasteiger partial charge in [0.1, 0.15) is 10.8 Å². The van der Waals surface area contributed by atoms with E-state index >= 15 is 0 Å². The summed E-state index contributed by atoms with van der Waals surface area (Å²) < 4.78 is 1.58. The first-order valence-corrected chi connectivity index (χ1v) is 7.60. The van der Waals surface area contributed by atoms with Crippen molar-refractivity contribution in [2.75, 3.05) is 6.54 Å². The Morgan fingerprint density at radius 3 is 2.52 bits per heavy atom. The first-order valence-electron chi connectivity index (χ1n) is 6.84. The lowest BCUT2D eigenvalue weighted by molar-refractivity contribution is 0.0944. The molecule has 112 valence electrons. The van der Waals surface area contributed by atoms with Crippen LogP contribution < -0.4 is 5.32 Å². The monoisotopic (exact) mass is 324 g/mol. The molecular formula is C16H18Cl2N2O. The van der Waals surface area contributed by atoms with Gasteiger partial charge in [-0.25, -0.2) is 0 Å². The molecule has 1 N–H and O–H groups in total. The van der Waals surface area contributed by atoms with Crippen molar-refractivity contribution < 1.29 is 4.79 Å². The van der Waals surface area contributed by atoms with Crippen LogP contribution in [0.2, 0.25) is 10.2 Å². The Hall–Kier alpha value is -1.45. The van der Waals surface area contributed by atoms with Crippen molar-refractivity contribution in [2.45, 2.75) is 19.3 Å². The molecule has 0 bridgehead atoms. The molecule has 1 atom stereocenters. The molecule has 1 aromatic carbocycles. The van der Waals surface area contributed by atoms with E-state index in [4.69, 9.17) is 23.2 Å². The minimum atomic E-state index is -0.161. The molecule has 5 heteroatoms. The third-order valence-electron chi connectivity index (χ3n) is 3.58. The number of carbonyl (C=O) groups is 1. The topological polar surface area (TPSA) is 34.0 Å². The molecule has 0 saturated carbocycles. The van der Waals surface area contributed by atoms with Crippen molar-refractivity contribution in [3.63, 3.8) is 0 Å². The Bertz CT molecular complexity index is 623. The summed E-state index contributed by atoms with van der Waals surface area (Å²) in [4.78, 5) is 12.1. The highest BCUT2D eigenvalue weighted by Gasteiger charge is 2.15. The average molecular weight is 325 g/mol. The standard InChI is InChI=1S/C16H18Cl2N2O/c1-11(12-6-4-3-5-7-12)8-9-19-16(21)14-10-13(17)15(18)20(14)2/h3-7,10-11H,8-9H2,1-2H3,(H,19,21). The van der Waals surface area contributed by atoms with Gasteiger partial charge in [0.2, 0.25) is 0 Å². The van der Waals surface area contributed by atoms with Gasteiger partial charge in [-0.2, -0.15) is 0 Å². The largest absolute Gasteiger partial charge is 0.351 e. The summed E-state index contributed by atoms with van der Waals surface area (Å²) in [5.74, 6) is 0.235. The van der Waals surface area contributed by atoms with Gasteiger partial charge in [-0.15, -0.1) is 0 Å². The van der Waals surface area contributed by atoms with Crippen LogP contribution in [0.4, 0.5) is 0 Å². The van der Waals surface area contributed by atoms with Gasteiger partial charge in [-0.3, -0.25) is 4.79 Å². The number of nitrogens with one attached hydrogen (secondary N) is 1. The van der Waals surface area contributed by atoms with Crippen molar-refractivity contribution in [3.05, 3.63) is 57.8 Å². The van der Waals surface area contributed by atoms with Crippen LogP contribution in [0.15, 0.2) is 36.4 Å². The fraction of sp³-hybridized carbons (Fsp3) is 0.312. The zero-order valence-electron chi connectivity index (χ0n) is 12.1. The molecule has 1 aromatic heterocycles. The number of benzene rings is 1. The van der Waals surface area contributed by atoms with Gasteiger partial charge in [-0.05, 0) is 24.0 Å². The molecule has 3 nitrogen and oxygen atoms in total. The summed E-state index contributed by atoms with van der Waals surface area (Å²) in [5, 5.41) is 3.67. The van der Waals surface area contributed by atoms with E-state index in [1.807, 2.05) is 18.2 Å². The van der Waals surface area contributed by atoms with Crippen LogP contribution in [0.3, 0.4) is 0 Å². The molecule has 0 spiro atoms. The van der Waals surface area contributed by atoms with Gasteiger partial charge >= 0.3 is 0 Å². The summed E-state index contributed by atoms with van der Waals surface area (Å²) >= 11 is 11.9. The van der Waals surface area contributed by atoms with E-state index in [1.54, 1.807) is 17.7 Å². The lowest BCUT2D eigenvalue weighted by atomic mass is 9.98. The van der Waals surface area contributed by atoms with Crippen LogP contribution in [-0.4, -0.2) is 17.0 Å². The minimum Gasteiger partial charge on any atom is -0.351 e. The fourth-order valence-electron chi connectivity index (χ4n) is 2.20. The third-order valence-corrected chi connectivity index (χ3v) is 4.42. The number of carbonyl (C=O) groups excluding carboxylic acids is 1. The molecule has 0 fully saturated rings. The van der Waals surface area contributed by atoms with Crippen LogP contribution in [0.5, 0.6) is 0 Å². The highest BCUT2D eigenvalue weighted by Crippen LogP contribution is 2.25. The molecular weight excluding hydrogens is 307 g/mol. The van der Waals surface area contributed by atoms with Crippen LogP contribution >= 0.6 is 23.2 Å². The molecule has 1 heterocycles. The van der Waals surface area contributed by atoms with Crippen molar-refractivity contribution >= 4 is 29.1 Å². The predicted octanol–water partition coefficient (Wildman–Crippen LogP) is 4.26. The molecule has 1 amide bonds. The maximum Gasteiger partial charge on any atom is 0.267 e.